The van der Waals surface area contributed by atoms with E-state index in [4.69, 9.17) is 28.4 Å². The van der Waals surface area contributed by atoms with E-state index in [9.17, 15) is 24.0 Å². The summed E-state index contributed by atoms with van der Waals surface area (Å²) < 4.78 is 39.1. The first-order chi connectivity index (χ1) is 26.8. The Morgan fingerprint density at radius 2 is 1.09 bits per heavy atom. The highest BCUT2D eigenvalue weighted by molar-refractivity contribution is 5.91. The van der Waals surface area contributed by atoms with Crippen LogP contribution in [0.2, 0.25) is 0 Å². The molecule has 2 bridgehead atoms. The van der Waals surface area contributed by atoms with Gasteiger partial charge in [-0.2, -0.15) is 0 Å². The number of hydrogen-bond acceptors (Lipinski definition) is 12. The smallest absolute Gasteiger partial charge is 0.340 e. The normalized spacial score (nSPS) is 29.8. The van der Waals surface area contributed by atoms with Crippen LogP contribution < -0.4 is 0 Å². The Hall–Kier alpha value is -5.88. The largest absolute Gasteiger partial charge is 0.459 e. The maximum atomic E-state index is 14.3. The molecule has 12 nitrogen and oxygen atoms in total. The van der Waals surface area contributed by atoms with Crippen molar-refractivity contribution in [3.8, 4) is 0 Å². The monoisotopic (exact) mass is 761 g/mol. The molecule has 0 amide bonds. The van der Waals surface area contributed by atoms with E-state index in [0.29, 0.717) is 0 Å². The summed E-state index contributed by atoms with van der Waals surface area (Å²) in [4.78, 5) is 73.5. The van der Waals surface area contributed by atoms with Gasteiger partial charge in [-0.25, -0.2) is 19.2 Å². The van der Waals surface area contributed by atoms with Crippen LogP contribution in [0.3, 0.4) is 0 Å². The lowest BCUT2D eigenvalue weighted by Crippen LogP contribution is -2.79. The fourth-order valence-corrected chi connectivity index (χ4v) is 9.20. The zero-order valence-electron chi connectivity index (χ0n) is 31.7. The van der Waals surface area contributed by atoms with Crippen LogP contribution in [0.1, 0.15) is 82.5 Å². The van der Waals surface area contributed by atoms with Gasteiger partial charge in [0.1, 0.15) is 23.9 Å². The number of esters is 5. The highest BCUT2D eigenvalue weighted by atomic mass is 16.6. The number of rotatable bonds is 9. The van der Waals surface area contributed by atoms with E-state index >= 15 is 0 Å². The molecule has 0 N–H and O–H groups in total. The van der Waals surface area contributed by atoms with Gasteiger partial charge in [0.05, 0.1) is 39.2 Å². The maximum Gasteiger partial charge on any atom is 0.340 e. The van der Waals surface area contributed by atoms with Gasteiger partial charge >= 0.3 is 29.8 Å². The third-order valence-corrected chi connectivity index (χ3v) is 11.5. The molecule has 7 rings (SSSR count). The average Bonchev–Trinajstić information content (AvgIpc) is 3.40. The Kier molecular flexibility index (Phi) is 10.3. The Morgan fingerprint density at radius 3 is 1.59 bits per heavy atom. The molecule has 1 aromatic heterocycles. The molecule has 3 fully saturated rings. The molecule has 0 radical (unpaired) electrons. The molecule has 9 atom stereocenters. The van der Waals surface area contributed by atoms with Crippen molar-refractivity contribution >= 4 is 29.8 Å². The van der Waals surface area contributed by atoms with Crippen LogP contribution in [-0.2, 0) is 33.2 Å². The van der Waals surface area contributed by atoms with Gasteiger partial charge in [-0.15, -0.1) is 0 Å². The van der Waals surface area contributed by atoms with Gasteiger partial charge in [-0.3, -0.25) is 9.78 Å². The van der Waals surface area contributed by atoms with Crippen LogP contribution in [-0.4, -0.2) is 76.6 Å². The van der Waals surface area contributed by atoms with Gasteiger partial charge in [-0.05, 0) is 81.6 Å². The molecule has 1 saturated heterocycles. The minimum Gasteiger partial charge on any atom is -0.459 e. The molecule has 0 unspecified atom stereocenters. The summed E-state index contributed by atoms with van der Waals surface area (Å²) in [5.41, 5.74) is -3.74. The average molecular weight is 762 g/mol. The first kappa shape index (κ1) is 38.4. The number of fused-ring (bicyclic) bond motifs is 1. The van der Waals surface area contributed by atoms with Gasteiger partial charge < -0.3 is 28.4 Å². The predicted molar refractivity (Wildman–Crippen MR) is 199 cm³/mol. The second-order valence-corrected chi connectivity index (χ2v) is 15.3. The van der Waals surface area contributed by atoms with E-state index in [2.05, 4.69) is 4.98 Å². The Balaban J connectivity index is 1.46. The number of carbonyl (C=O) groups excluding carboxylic acids is 5. The summed E-state index contributed by atoms with van der Waals surface area (Å²) in [5, 5.41) is 0. The standard InChI is InChI=1S/C44H43NO11/c1-26-24-32(52-38(47)28-16-9-6-10-17-28)35(54-39(48)29-18-11-7-12-19-29)43(5)37(55-40(49)30-20-13-8-14-21-30)34(53-41(50)31-22-15-23-45-25-31)33-36(51-27(2)46)44(26,43)56-42(33,3)4/h6-23,25-26,32-37H,24H2,1-5H3/t26-,32+,33-,34-,35+,36-,37-,43+,44-/m1/s1. The lowest BCUT2D eigenvalue weighted by molar-refractivity contribution is -0.310. The summed E-state index contributed by atoms with van der Waals surface area (Å²) in [6.07, 6.45) is -3.59. The molecule has 3 aromatic carbocycles. The Labute approximate surface area is 324 Å². The van der Waals surface area contributed by atoms with Crippen LogP contribution in [0.25, 0.3) is 0 Å². The van der Waals surface area contributed by atoms with E-state index in [1.54, 1.807) is 118 Å². The molecular formula is C44H43NO11. The fourth-order valence-electron chi connectivity index (χ4n) is 9.20. The first-order valence-electron chi connectivity index (χ1n) is 18.5. The lowest BCUT2D eigenvalue weighted by Gasteiger charge is -2.63. The number of pyridine rings is 1. The summed E-state index contributed by atoms with van der Waals surface area (Å²) in [7, 11) is 0. The molecule has 1 aliphatic heterocycles. The van der Waals surface area contributed by atoms with Crippen molar-refractivity contribution in [1.29, 1.82) is 0 Å². The SMILES string of the molecule is CC(=O)O[C@@H]1[C@H]2[C@@H](OC(=O)c3cccnc3)[C@@H](OC(=O)c3ccccc3)[C@]3(C)[C@@H](OC(=O)c4ccccc4)[C@@H](OC(=O)c4ccccc4)C[C@@H](C)[C@@]13OC2(C)C. The minimum atomic E-state index is -1.74. The third kappa shape index (κ3) is 6.61. The van der Waals surface area contributed by atoms with Crippen LogP contribution in [0.5, 0.6) is 0 Å². The van der Waals surface area contributed by atoms with Crippen molar-refractivity contribution in [2.24, 2.45) is 17.3 Å². The van der Waals surface area contributed by atoms with E-state index < -0.39 is 88.8 Å². The van der Waals surface area contributed by atoms with Gasteiger partial charge in [-0.1, -0.05) is 61.5 Å². The summed E-state index contributed by atoms with van der Waals surface area (Å²) in [6, 6.07) is 28.0. The second kappa shape index (κ2) is 15.0. The Morgan fingerprint density at radius 1 is 0.607 bits per heavy atom. The minimum absolute atomic E-state index is 0.0843. The van der Waals surface area contributed by atoms with Gasteiger partial charge in [0, 0.05) is 19.3 Å². The molecule has 290 valence electrons. The number of benzene rings is 3. The van der Waals surface area contributed by atoms with Crippen molar-refractivity contribution in [3.05, 3.63) is 138 Å². The molecule has 12 heteroatoms. The van der Waals surface area contributed by atoms with Gasteiger partial charge in [0.25, 0.3) is 0 Å². The molecule has 56 heavy (non-hydrogen) atoms. The highest BCUT2D eigenvalue weighted by Crippen LogP contribution is 2.68. The maximum absolute atomic E-state index is 14.3. The molecule has 2 heterocycles. The number of nitrogens with zero attached hydrogens (tertiary/aromatic N) is 1. The van der Waals surface area contributed by atoms with Crippen molar-refractivity contribution in [2.75, 3.05) is 0 Å². The van der Waals surface area contributed by atoms with Crippen molar-refractivity contribution in [1.82, 2.24) is 4.98 Å². The number of carbonyl (C=O) groups is 5. The van der Waals surface area contributed by atoms with Crippen molar-refractivity contribution in [3.63, 3.8) is 0 Å². The van der Waals surface area contributed by atoms with E-state index in [1.165, 1.54) is 25.4 Å². The lowest BCUT2D eigenvalue weighted by atomic mass is 9.47. The molecular weight excluding hydrogens is 718 g/mol. The molecule has 4 aromatic rings. The fraction of sp³-hybridized carbons (Fsp3) is 0.364. The van der Waals surface area contributed by atoms with Crippen LogP contribution in [0, 0.1) is 17.3 Å². The summed E-state index contributed by atoms with van der Waals surface area (Å²) in [6.45, 7) is 8.40. The zero-order valence-corrected chi connectivity index (χ0v) is 31.7. The van der Waals surface area contributed by atoms with Gasteiger partial charge in [0.2, 0.25) is 0 Å². The van der Waals surface area contributed by atoms with Crippen molar-refractivity contribution in [2.45, 2.75) is 82.8 Å². The van der Waals surface area contributed by atoms with Crippen LogP contribution in [0.4, 0.5) is 0 Å². The third-order valence-electron chi connectivity index (χ3n) is 11.5. The number of aromatic nitrogens is 1. The van der Waals surface area contributed by atoms with E-state index in [0.717, 1.165) is 0 Å². The number of ether oxygens (including phenoxy) is 6. The van der Waals surface area contributed by atoms with E-state index in [-0.39, 0.29) is 28.7 Å². The van der Waals surface area contributed by atoms with Gasteiger partial charge in [0.15, 0.2) is 12.2 Å². The topological polar surface area (TPSA) is 154 Å². The summed E-state index contributed by atoms with van der Waals surface area (Å²) >= 11 is 0. The quantitative estimate of drug-likeness (QED) is 0.136. The predicted octanol–water partition coefficient (Wildman–Crippen LogP) is 6.44. The van der Waals surface area contributed by atoms with Crippen LogP contribution >= 0.6 is 0 Å². The Bertz CT molecular complexity index is 2090. The molecule has 1 spiro atoms. The second-order valence-electron chi connectivity index (χ2n) is 15.3. The molecule has 2 aliphatic carbocycles. The highest BCUT2D eigenvalue weighted by Gasteiger charge is 2.84. The van der Waals surface area contributed by atoms with Crippen molar-refractivity contribution < 1.29 is 52.4 Å². The first-order valence-corrected chi connectivity index (χ1v) is 18.5. The molecule has 2 saturated carbocycles. The molecule has 3 aliphatic rings. The van der Waals surface area contributed by atoms with E-state index in [1.807, 2.05) is 6.92 Å². The zero-order chi connectivity index (χ0) is 39.8. The summed E-state index contributed by atoms with van der Waals surface area (Å²) in [5.74, 6) is -5.15. The number of hydrogen-bond donors (Lipinski definition) is 0. The van der Waals surface area contributed by atoms with Crippen LogP contribution in [0.15, 0.2) is 116 Å².